The van der Waals surface area contributed by atoms with Crippen LogP contribution < -0.4 is 10.5 Å². The molecule has 3 aliphatic rings. The minimum absolute atomic E-state index is 0.0798. The number of aliphatic imine (C=N–C) groups is 1. The van der Waals surface area contributed by atoms with Crippen LogP contribution in [0.1, 0.15) is 31.7 Å². The molecule has 1 aromatic heterocycles. The molecule has 4 atom stereocenters. The number of hydrogen-bond acceptors (Lipinski definition) is 6. The van der Waals surface area contributed by atoms with Gasteiger partial charge in [-0.05, 0) is 49.9 Å². The Labute approximate surface area is 175 Å². The first-order valence-corrected chi connectivity index (χ1v) is 10.5. The van der Waals surface area contributed by atoms with E-state index in [1.54, 1.807) is 12.4 Å². The van der Waals surface area contributed by atoms with Gasteiger partial charge in [-0.1, -0.05) is 17.7 Å². The third-order valence-corrected chi connectivity index (χ3v) is 6.47. The molecule has 2 N–H and O–H groups in total. The van der Waals surface area contributed by atoms with Gasteiger partial charge in [0.25, 0.3) is 6.02 Å². The average molecular weight is 414 g/mol. The summed E-state index contributed by atoms with van der Waals surface area (Å²) >= 11 is 6.16. The number of benzene rings is 1. The molecule has 29 heavy (non-hydrogen) atoms. The largest absolute Gasteiger partial charge is 0.490 e. The maximum atomic E-state index is 6.44. The van der Waals surface area contributed by atoms with E-state index in [9.17, 15) is 0 Å². The molecule has 1 fully saturated rings. The van der Waals surface area contributed by atoms with Crippen molar-refractivity contribution >= 4 is 17.6 Å². The summed E-state index contributed by atoms with van der Waals surface area (Å²) in [6.07, 6.45) is 6.53. The fourth-order valence-corrected chi connectivity index (χ4v) is 5.16. The summed E-state index contributed by atoms with van der Waals surface area (Å²) in [4.78, 5) is 9.06. The predicted molar refractivity (Wildman–Crippen MR) is 111 cm³/mol. The van der Waals surface area contributed by atoms with E-state index in [0.717, 1.165) is 41.7 Å². The molecular formula is C22H24ClN3O3. The third kappa shape index (κ3) is 3.15. The van der Waals surface area contributed by atoms with Crippen LogP contribution in [0.2, 0.25) is 5.02 Å². The normalized spacial score (nSPS) is 30.1. The van der Waals surface area contributed by atoms with Crippen LogP contribution >= 0.6 is 11.6 Å². The Morgan fingerprint density at radius 1 is 1.24 bits per heavy atom. The van der Waals surface area contributed by atoms with E-state index in [4.69, 9.17) is 36.5 Å². The first-order valence-electron chi connectivity index (χ1n) is 10.1. The van der Waals surface area contributed by atoms with E-state index in [-0.39, 0.29) is 24.1 Å². The molecule has 152 valence electrons. The van der Waals surface area contributed by atoms with Gasteiger partial charge in [-0.25, -0.2) is 4.99 Å². The molecule has 3 heterocycles. The number of pyridine rings is 1. The van der Waals surface area contributed by atoms with Gasteiger partial charge in [0, 0.05) is 36.0 Å². The summed E-state index contributed by atoms with van der Waals surface area (Å²) in [6.45, 7) is 3.17. The van der Waals surface area contributed by atoms with Gasteiger partial charge in [-0.15, -0.1) is 0 Å². The van der Waals surface area contributed by atoms with Crippen LogP contribution in [-0.4, -0.2) is 36.4 Å². The van der Waals surface area contributed by atoms with E-state index in [1.165, 1.54) is 0 Å². The first kappa shape index (κ1) is 18.7. The number of halogens is 1. The summed E-state index contributed by atoms with van der Waals surface area (Å²) in [5.41, 5.74) is 8.42. The van der Waals surface area contributed by atoms with Crippen LogP contribution in [0.25, 0.3) is 11.1 Å². The molecule has 1 aromatic carbocycles. The highest BCUT2D eigenvalue weighted by Gasteiger charge is 2.55. The van der Waals surface area contributed by atoms with Crippen molar-refractivity contribution in [3.63, 3.8) is 0 Å². The van der Waals surface area contributed by atoms with Crippen molar-refractivity contribution in [1.29, 1.82) is 0 Å². The lowest BCUT2D eigenvalue weighted by Gasteiger charge is -2.47. The zero-order valence-corrected chi connectivity index (χ0v) is 17.1. The highest BCUT2D eigenvalue weighted by Crippen LogP contribution is 2.53. The Morgan fingerprint density at radius 2 is 2.14 bits per heavy atom. The standard InChI is InChI=1S/C22H24ClN3O3/c1-2-27-16-4-6-20-18(9-16)22(12-28-21(24)26-22)17-8-13(3-5-19(17)29-20)14-7-15(23)11-25-10-14/h3,5,7-8,10-11,16,18,20H,2,4,6,9,12H2,1H3,(H2,24,26). The van der Waals surface area contributed by atoms with Crippen molar-refractivity contribution in [2.24, 2.45) is 16.6 Å². The number of hydrogen-bond donors (Lipinski definition) is 1. The summed E-state index contributed by atoms with van der Waals surface area (Å²) in [7, 11) is 0. The summed E-state index contributed by atoms with van der Waals surface area (Å²) in [5.74, 6) is 0.996. The van der Waals surface area contributed by atoms with E-state index in [1.807, 2.05) is 25.1 Å². The second-order valence-electron chi connectivity index (χ2n) is 7.92. The minimum atomic E-state index is -0.555. The van der Waals surface area contributed by atoms with Gasteiger partial charge < -0.3 is 19.9 Å². The SMILES string of the molecule is CCOC1CCC2Oc3ccc(-c4cncc(Cl)c4)cc3C3(COC(N)=N3)C2C1. The Balaban J connectivity index is 1.61. The van der Waals surface area contributed by atoms with Crippen LogP contribution in [0.15, 0.2) is 41.7 Å². The van der Waals surface area contributed by atoms with Crippen LogP contribution in [0.4, 0.5) is 0 Å². The van der Waals surface area contributed by atoms with Crippen LogP contribution in [-0.2, 0) is 15.0 Å². The Bertz CT molecular complexity index is 966. The van der Waals surface area contributed by atoms with Gasteiger partial charge in [-0.2, -0.15) is 0 Å². The molecule has 0 saturated heterocycles. The first-order chi connectivity index (χ1) is 14.1. The number of nitrogens with zero attached hydrogens (tertiary/aromatic N) is 2. The van der Waals surface area contributed by atoms with E-state index in [0.29, 0.717) is 18.2 Å². The summed E-state index contributed by atoms with van der Waals surface area (Å²) < 4.78 is 18.1. The number of ether oxygens (including phenoxy) is 3. The van der Waals surface area contributed by atoms with Gasteiger partial charge >= 0.3 is 0 Å². The van der Waals surface area contributed by atoms with Gasteiger partial charge in [0.2, 0.25) is 0 Å². The Hall–Kier alpha value is -2.31. The summed E-state index contributed by atoms with van der Waals surface area (Å²) in [6, 6.07) is 8.32. The summed E-state index contributed by atoms with van der Waals surface area (Å²) in [5, 5.41) is 0.601. The molecule has 0 amide bonds. The molecule has 7 heteroatoms. The Kier molecular flexibility index (Phi) is 4.63. The monoisotopic (exact) mass is 413 g/mol. The average Bonchev–Trinajstić information content (AvgIpc) is 3.11. The van der Waals surface area contributed by atoms with Crippen LogP contribution in [0.3, 0.4) is 0 Å². The van der Waals surface area contributed by atoms with Crippen LogP contribution in [0, 0.1) is 5.92 Å². The number of amidine groups is 1. The molecule has 0 radical (unpaired) electrons. The van der Waals surface area contributed by atoms with Crippen molar-refractivity contribution in [2.75, 3.05) is 13.2 Å². The molecule has 2 aliphatic heterocycles. The zero-order chi connectivity index (χ0) is 20.0. The van der Waals surface area contributed by atoms with Gasteiger partial charge in [0.15, 0.2) is 0 Å². The van der Waals surface area contributed by atoms with Crippen molar-refractivity contribution in [2.45, 2.75) is 43.9 Å². The fraction of sp³-hybridized carbons (Fsp3) is 0.455. The molecule has 2 aromatic rings. The molecule has 0 bridgehead atoms. The minimum Gasteiger partial charge on any atom is -0.490 e. The van der Waals surface area contributed by atoms with Gasteiger partial charge in [0.1, 0.15) is 24.0 Å². The van der Waals surface area contributed by atoms with Crippen molar-refractivity contribution < 1.29 is 14.2 Å². The maximum Gasteiger partial charge on any atom is 0.283 e. The number of nitrogens with two attached hydrogens (primary N) is 1. The molecule has 4 unspecified atom stereocenters. The van der Waals surface area contributed by atoms with E-state index >= 15 is 0 Å². The van der Waals surface area contributed by atoms with E-state index in [2.05, 4.69) is 11.1 Å². The van der Waals surface area contributed by atoms with E-state index < -0.39 is 5.54 Å². The highest BCUT2D eigenvalue weighted by molar-refractivity contribution is 6.30. The molecular weight excluding hydrogens is 390 g/mol. The highest BCUT2D eigenvalue weighted by atomic mass is 35.5. The number of rotatable bonds is 3. The van der Waals surface area contributed by atoms with Crippen molar-refractivity contribution in [3.05, 3.63) is 47.2 Å². The predicted octanol–water partition coefficient (Wildman–Crippen LogP) is 3.91. The quantitative estimate of drug-likeness (QED) is 0.825. The third-order valence-electron chi connectivity index (χ3n) is 6.27. The lowest BCUT2D eigenvalue weighted by Crippen LogP contribution is -2.52. The van der Waals surface area contributed by atoms with Gasteiger partial charge in [-0.3, -0.25) is 4.98 Å². The molecule has 6 nitrogen and oxygen atoms in total. The van der Waals surface area contributed by atoms with Crippen LogP contribution in [0.5, 0.6) is 5.75 Å². The smallest absolute Gasteiger partial charge is 0.283 e. The van der Waals surface area contributed by atoms with Crippen molar-refractivity contribution in [1.82, 2.24) is 4.98 Å². The Morgan fingerprint density at radius 3 is 2.90 bits per heavy atom. The molecule has 1 saturated carbocycles. The lowest BCUT2D eigenvalue weighted by molar-refractivity contribution is -0.0595. The molecule has 1 aliphatic carbocycles. The molecule has 1 spiro atoms. The number of aromatic nitrogens is 1. The lowest BCUT2D eigenvalue weighted by atomic mass is 9.67. The second kappa shape index (κ2) is 7.18. The molecule has 5 rings (SSSR count). The number of fused-ring (bicyclic) bond motifs is 4. The zero-order valence-electron chi connectivity index (χ0n) is 16.3. The van der Waals surface area contributed by atoms with Gasteiger partial charge in [0.05, 0.1) is 11.1 Å². The maximum absolute atomic E-state index is 6.44. The van der Waals surface area contributed by atoms with Crippen molar-refractivity contribution in [3.8, 4) is 16.9 Å². The topological polar surface area (TPSA) is 79.0 Å². The fourth-order valence-electron chi connectivity index (χ4n) is 4.99. The second-order valence-corrected chi connectivity index (χ2v) is 8.36.